The molecule has 11 nitrogen and oxygen atoms in total. The van der Waals surface area contributed by atoms with Crippen molar-refractivity contribution >= 4 is 21.4 Å². The van der Waals surface area contributed by atoms with Gasteiger partial charge in [0, 0.05) is 31.3 Å². The lowest BCUT2D eigenvalue weighted by Gasteiger charge is -2.22. The Labute approximate surface area is 207 Å². The molecule has 0 radical (unpaired) electrons. The number of rotatable bonds is 9. The predicted molar refractivity (Wildman–Crippen MR) is 127 cm³/mol. The van der Waals surface area contributed by atoms with Crippen LogP contribution in [0.25, 0.3) is 11.5 Å². The number of hydrogen-bond acceptors (Lipinski definition) is 10. The highest BCUT2D eigenvalue weighted by Crippen LogP contribution is 2.30. The van der Waals surface area contributed by atoms with Crippen molar-refractivity contribution in [3.05, 3.63) is 71.0 Å². The Bertz CT molecular complexity index is 1390. The maximum absolute atomic E-state index is 13.5. The molecule has 0 bridgehead atoms. The van der Waals surface area contributed by atoms with Crippen LogP contribution in [0.4, 0.5) is 0 Å². The highest BCUT2D eigenvalue weighted by molar-refractivity contribution is 7.91. The summed E-state index contributed by atoms with van der Waals surface area (Å²) in [6.07, 6.45) is 3.41. The van der Waals surface area contributed by atoms with Gasteiger partial charge in [-0.05, 0) is 32.9 Å². The molecule has 4 heterocycles. The monoisotopic (exact) mass is 517 g/mol. The first-order chi connectivity index (χ1) is 16.7. The van der Waals surface area contributed by atoms with Crippen LogP contribution in [-0.2, 0) is 20.3 Å². The van der Waals surface area contributed by atoms with E-state index in [1.807, 2.05) is 26.0 Å². The third-order valence-electron chi connectivity index (χ3n) is 5.61. The zero-order chi connectivity index (χ0) is 25.2. The van der Waals surface area contributed by atoms with Crippen LogP contribution in [0.5, 0.6) is 0 Å². The fourth-order valence-corrected chi connectivity index (χ4v) is 5.24. The third-order valence-corrected chi connectivity index (χ3v) is 7.85. The topological polar surface area (TPSA) is 139 Å². The lowest BCUT2D eigenvalue weighted by Crippen LogP contribution is -2.30. The molecule has 4 aromatic heterocycles. The van der Waals surface area contributed by atoms with Gasteiger partial charge in [-0.15, -0.1) is 10.2 Å². The molecule has 0 N–H and O–H groups in total. The maximum atomic E-state index is 13.5. The molecule has 184 valence electrons. The molecule has 4 aromatic rings. The van der Waals surface area contributed by atoms with Crippen LogP contribution in [0.1, 0.15) is 49.1 Å². The molecule has 0 aliphatic carbocycles. The van der Waals surface area contributed by atoms with Crippen LogP contribution in [0.15, 0.2) is 47.4 Å². The zero-order valence-electron chi connectivity index (χ0n) is 19.5. The van der Waals surface area contributed by atoms with Crippen LogP contribution >= 0.6 is 11.6 Å². The van der Waals surface area contributed by atoms with Crippen molar-refractivity contribution in [2.24, 2.45) is 0 Å². The van der Waals surface area contributed by atoms with Gasteiger partial charge in [0.05, 0.1) is 22.5 Å². The van der Waals surface area contributed by atoms with Crippen molar-refractivity contribution in [3.63, 3.8) is 0 Å². The number of ether oxygens (including phenoxy) is 1. The molecule has 0 saturated heterocycles. The van der Waals surface area contributed by atoms with Gasteiger partial charge in [-0.3, -0.25) is 4.57 Å². The van der Waals surface area contributed by atoms with Crippen LogP contribution in [0, 0.1) is 6.92 Å². The van der Waals surface area contributed by atoms with Crippen molar-refractivity contribution in [1.29, 1.82) is 0 Å². The SMILES string of the molecule is CO[C@H](c1ncc(Cl)cn1)[C@H](C)S(=O)(=O)Cc1nnc(-c2cccc(C)n2)n1[C@@H](C)c1ccno1. The zero-order valence-corrected chi connectivity index (χ0v) is 21.1. The summed E-state index contributed by atoms with van der Waals surface area (Å²) in [5.74, 6) is 0.980. The van der Waals surface area contributed by atoms with E-state index in [1.54, 1.807) is 23.6 Å². The van der Waals surface area contributed by atoms with E-state index in [-0.39, 0.29) is 11.6 Å². The highest BCUT2D eigenvalue weighted by Gasteiger charge is 2.35. The highest BCUT2D eigenvalue weighted by atomic mass is 35.5. The molecule has 4 rings (SSSR count). The Morgan fingerprint density at radius 3 is 2.51 bits per heavy atom. The van der Waals surface area contributed by atoms with Gasteiger partial charge < -0.3 is 9.26 Å². The van der Waals surface area contributed by atoms with Crippen molar-refractivity contribution < 1.29 is 17.7 Å². The number of halogens is 1. The molecule has 3 atom stereocenters. The second-order valence-electron chi connectivity index (χ2n) is 7.99. The molecule has 0 amide bonds. The number of sulfone groups is 1. The number of hydrogen-bond donors (Lipinski definition) is 0. The minimum Gasteiger partial charge on any atom is -0.372 e. The number of aryl methyl sites for hydroxylation is 1. The molecule has 0 saturated carbocycles. The quantitative estimate of drug-likeness (QED) is 0.324. The molecule has 0 aliphatic heterocycles. The van der Waals surface area contributed by atoms with Crippen molar-refractivity contribution in [2.45, 2.75) is 43.9 Å². The summed E-state index contributed by atoms with van der Waals surface area (Å²) in [4.78, 5) is 12.8. The van der Waals surface area contributed by atoms with E-state index in [0.29, 0.717) is 22.3 Å². The summed E-state index contributed by atoms with van der Waals surface area (Å²) in [6, 6.07) is 6.77. The van der Waals surface area contributed by atoms with Crippen LogP contribution < -0.4 is 0 Å². The van der Waals surface area contributed by atoms with E-state index >= 15 is 0 Å². The first-order valence-corrected chi connectivity index (χ1v) is 12.8. The summed E-state index contributed by atoms with van der Waals surface area (Å²) < 4.78 is 39.5. The first-order valence-electron chi connectivity index (χ1n) is 10.7. The summed E-state index contributed by atoms with van der Waals surface area (Å²) >= 11 is 5.87. The summed E-state index contributed by atoms with van der Waals surface area (Å²) in [5.41, 5.74) is 1.35. The van der Waals surface area contributed by atoms with Crippen LogP contribution in [-0.4, -0.2) is 55.7 Å². The number of aromatic nitrogens is 7. The fraction of sp³-hybridized carbons (Fsp3) is 0.364. The van der Waals surface area contributed by atoms with Gasteiger partial charge in [0.1, 0.15) is 23.4 Å². The normalized spacial score (nSPS) is 14.5. The summed E-state index contributed by atoms with van der Waals surface area (Å²) in [6.45, 7) is 5.26. The lowest BCUT2D eigenvalue weighted by atomic mass is 10.2. The van der Waals surface area contributed by atoms with Crippen LogP contribution in [0.3, 0.4) is 0 Å². The smallest absolute Gasteiger partial charge is 0.183 e. The molecule has 13 heteroatoms. The van der Waals surface area contributed by atoms with E-state index in [0.717, 1.165) is 5.69 Å². The van der Waals surface area contributed by atoms with Gasteiger partial charge in [0.25, 0.3) is 0 Å². The van der Waals surface area contributed by atoms with Crippen molar-refractivity contribution in [1.82, 2.24) is 34.9 Å². The second-order valence-corrected chi connectivity index (χ2v) is 10.8. The van der Waals surface area contributed by atoms with Crippen molar-refractivity contribution in [2.75, 3.05) is 7.11 Å². The average molecular weight is 518 g/mol. The van der Waals surface area contributed by atoms with Crippen molar-refractivity contribution in [3.8, 4) is 11.5 Å². The molecular formula is C22H24ClN7O4S. The standard InChI is InChI=1S/C22H24ClN7O4S/c1-13-6-5-7-17(27-13)22-29-28-19(30(22)14(2)18-8-9-26-34-18)12-35(31,32)15(3)20(33-4)21-24-10-16(23)11-25-21/h5-11,14-15,20H,12H2,1-4H3/t14-,15-,20-/m0/s1. The molecule has 0 fully saturated rings. The van der Waals surface area contributed by atoms with E-state index < -0.39 is 33.0 Å². The van der Waals surface area contributed by atoms with E-state index in [2.05, 4.69) is 30.3 Å². The molecule has 0 unspecified atom stereocenters. The van der Waals surface area contributed by atoms with E-state index in [4.69, 9.17) is 20.9 Å². The molecular weight excluding hydrogens is 494 g/mol. The van der Waals surface area contributed by atoms with E-state index in [1.165, 1.54) is 25.7 Å². The molecule has 0 aliphatic rings. The lowest BCUT2D eigenvalue weighted by molar-refractivity contribution is 0.0948. The number of methoxy groups -OCH3 is 1. The van der Waals surface area contributed by atoms with Gasteiger partial charge in [-0.2, -0.15) is 0 Å². The Hall–Kier alpha value is -3.22. The van der Waals surface area contributed by atoms with Gasteiger partial charge in [0.15, 0.2) is 27.2 Å². The number of pyridine rings is 1. The minimum absolute atomic E-state index is 0.217. The second kappa shape index (κ2) is 10.2. The van der Waals surface area contributed by atoms with Gasteiger partial charge in [-0.1, -0.05) is 22.8 Å². The predicted octanol–water partition coefficient (Wildman–Crippen LogP) is 3.38. The van der Waals surface area contributed by atoms with Crippen LogP contribution in [0.2, 0.25) is 5.02 Å². The summed E-state index contributed by atoms with van der Waals surface area (Å²) in [7, 11) is -2.41. The fourth-order valence-electron chi connectivity index (χ4n) is 3.72. The molecule has 0 aromatic carbocycles. The molecule has 35 heavy (non-hydrogen) atoms. The maximum Gasteiger partial charge on any atom is 0.183 e. The number of nitrogens with zero attached hydrogens (tertiary/aromatic N) is 7. The largest absolute Gasteiger partial charge is 0.372 e. The molecule has 0 spiro atoms. The summed E-state index contributed by atoms with van der Waals surface area (Å²) in [5, 5.41) is 11.6. The Morgan fingerprint density at radius 1 is 1.14 bits per heavy atom. The Morgan fingerprint density at radius 2 is 1.89 bits per heavy atom. The van der Waals surface area contributed by atoms with E-state index in [9.17, 15) is 8.42 Å². The average Bonchev–Trinajstić information content (AvgIpc) is 3.50. The van der Waals surface area contributed by atoms with Gasteiger partial charge in [0.2, 0.25) is 0 Å². The third kappa shape index (κ3) is 5.24. The van der Waals surface area contributed by atoms with Gasteiger partial charge >= 0.3 is 0 Å². The minimum atomic E-state index is -3.81. The van der Waals surface area contributed by atoms with Gasteiger partial charge in [-0.25, -0.2) is 23.4 Å². The Balaban J connectivity index is 1.73. The first kappa shape index (κ1) is 24.9. The Kier molecular flexibility index (Phi) is 7.24.